The Morgan fingerprint density at radius 3 is 2.90 bits per heavy atom. The van der Waals surface area contributed by atoms with Gasteiger partial charge in [-0.25, -0.2) is 4.98 Å². The summed E-state index contributed by atoms with van der Waals surface area (Å²) in [5.41, 5.74) is -0.422. The summed E-state index contributed by atoms with van der Waals surface area (Å²) < 4.78 is 4.78. The molecule has 0 radical (unpaired) electrons. The molecule has 0 atom stereocenters. The smallest absolute Gasteiger partial charge is 0.300 e. The average molecular weight is 292 g/mol. The first-order chi connectivity index (χ1) is 10.1. The fraction of sp³-hybridized carbons (Fsp3) is 0.273. The largest absolute Gasteiger partial charge is 0.373 e. The molecule has 110 valence electrons. The monoisotopic (exact) mass is 292 g/mol. The Kier molecular flexibility index (Phi) is 4.39. The number of rotatable bonds is 6. The second kappa shape index (κ2) is 6.41. The van der Waals surface area contributed by atoms with E-state index < -0.39 is 10.8 Å². The molecule has 2 aromatic heterocycles. The number of hydrogen-bond donors (Lipinski definition) is 2. The molecule has 1 amide bonds. The zero-order chi connectivity index (χ0) is 15.2. The Labute approximate surface area is 118 Å². The molecular weight excluding hydrogens is 280 g/mol. The van der Waals surface area contributed by atoms with Gasteiger partial charge in [-0.15, -0.1) is 0 Å². The molecule has 2 rings (SSSR count). The summed E-state index contributed by atoms with van der Waals surface area (Å²) in [6, 6.07) is 1.32. The number of nitrogens with zero attached hydrogens (tertiary/aromatic N) is 4. The summed E-state index contributed by atoms with van der Waals surface area (Å²) in [4.78, 5) is 29.9. The molecule has 0 aromatic carbocycles. The van der Waals surface area contributed by atoms with Gasteiger partial charge in [-0.3, -0.25) is 14.9 Å². The molecule has 0 saturated heterocycles. The molecule has 2 heterocycles. The highest BCUT2D eigenvalue weighted by Crippen LogP contribution is 2.19. The van der Waals surface area contributed by atoms with Crippen molar-refractivity contribution in [1.82, 2.24) is 20.4 Å². The third-order valence-electron chi connectivity index (χ3n) is 2.61. The Bertz CT molecular complexity index is 642. The van der Waals surface area contributed by atoms with E-state index in [9.17, 15) is 14.9 Å². The number of nitrogens with one attached hydrogen (secondary N) is 2. The van der Waals surface area contributed by atoms with E-state index in [1.807, 2.05) is 0 Å². The Morgan fingerprint density at radius 2 is 2.29 bits per heavy atom. The van der Waals surface area contributed by atoms with Crippen LogP contribution in [-0.4, -0.2) is 39.5 Å². The number of carbonyl (C=O) groups excluding carboxylic acids is 1. The molecule has 0 aliphatic rings. The van der Waals surface area contributed by atoms with Crippen LogP contribution in [-0.2, 0) is 6.42 Å². The number of amides is 1. The van der Waals surface area contributed by atoms with Crippen LogP contribution in [0.15, 0.2) is 23.1 Å². The number of carbonyl (C=O) groups is 1. The highest BCUT2D eigenvalue weighted by Gasteiger charge is 2.21. The van der Waals surface area contributed by atoms with Gasteiger partial charge in [0.2, 0.25) is 5.89 Å². The minimum absolute atomic E-state index is 0.0649. The predicted octanol–water partition coefficient (Wildman–Crippen LogP) is 0.387. The van der Waals surface area contributed by atoms with Gasteiger partial charge >= 0.3 is 0 Å². The molecular formula is C11H12N6O4. The van der Waals surface area contributed by atoms with Crippen LogP contribution in [0.3, 0.4) is 0 Å². The second-order valence-electron chi connectivity index (χ2n) is 3.93. The van der Waals surface area contributed by atoms with Gasteiger partial charge in [0.05, 0.1) is 4.92 Å². The molecule has 0 aliphatic carbocycles. The van der Waals surface area contributed by atoms with Crippen LogP contribution < -0.4 is 10.6 Å². The molecule has 21 heavy (non-hydrogen) atoms. The van der Waals surface area contributed by atoms with Crippen LogP contribution in [0, 0.1) is 10.1 Å². The maximum atomic E-state index is 12.0. The maximum Gasteiger partial charge on any atom is 0.300 e. The van der Waals surface area contributed by atoms with E-state index in [0.29, 0.717) is 18.1 Å². The zero-order valence-electron chi connectivity index (χ0n) is 11.1. The van der Waals surface area contributed by atoms with Crippen molar-refractivity contribution in [1.29, 1.82) is 0 Å². The minimum Gasteiger partial charge on any atom is -0.373 e. The Balaban J connectivity index is 2.08. The fourth-order valence-corrected chi connectivity index (χ4v) is 1.60. The normalized spacial score (nSPS) is 10.1. The van der Waals surface area contributed by atoms with Gasteiger partial charge in [0.25, 0.3) is 11.6 Å². The van der Waals surface area contributed by atoms with Crippen LogP contribution in [0.25, 0.3) is 0 Å². The summed E-state index contributed by atoms with van der Waals surface area (Å²) in [5.74, 6) is 0.165. The van der Waals surface area contributed by atoms with Crippen molar-refractivity contribution in [3.63, 3.8) is 0 Å². The van der Waals surface area contributed by atoms with Gasteiger partial charge in [0, 0.05) is 26.1 Å². The van der Waals surface area contributed by atoms with E-state index in [0.717, 1.165) is 6.20 Å². The molecule has 10 heteroatoms. The number of hydrogen-bond acceptors (Lipinski definition) is 8. The van der Waals surface area contributed by atoms with E-state index >= 15 is 0 Å². The van der Waals surface area contributed by atoms with Gasteiger partial charge in [0.1, 0.15) is 17.6 Å². The van der Waals surface area contributed by atoms with Gasteiger partial charge < -0.3 is 15.2 Å². The first kappa shape index (κ1) is 14.4. The third kappa shape index (κ3) is 3.49. The summed E-state index contributed by atoms with van der Waals surface area (Å²) in [6.45, 7) is 0.218. The molecule has 0 unspecified atom stereocenters. The number of aromatic nitrogens is 3. The highest BCUT2D eigenvalue weighted by molar-refractivity contribution is 5.98. The Hall–Kier alpha value is -3.04. The highest BCUT2D eigenvalue weighted by atomic mass is 16.6. The van der Waals surface area contributed by atoms with Crippen LogP contribution in [0.2, 0.25) is 0 Å². The average Bonchev–Trinajstić information content (AvgIpc) is 2.99. The molecule has 0 spiro atoms. The second-order valence-corrected chi connectivity index (χ2v) is 3.93. The lowest BCUT2D eigenvalue weighted by Crippen LogP contribution is -2.26. The lowest BCUT2D eigenvalue weighted by molar-refractivity contribution is -0.385. The number of anilines is 1. The van der Waals surface area contributed by atoms with E-state index in [2.05, 4.69) is 25.8 Å². The third-order valence-corrected chi connectivity index (χ3v) is 2.61. The summed E-state index contributed by atoms with van der Waals surface area (Å²) in [5, 5.41) is 19.6. The minimum atomic E-state index is -0.653. The fourth-order valence-electron chi connectivity index (χ4n) is 1.60. The van der Waals surface area contributed by atoms with Crippen molar-refractivity contribution in [2.75, 3.05) is 18.9 Å². The summed E-state index contributed by atoms with van der Waals surface area (Å²) in [6.07, 6.45) is 2.63. The van der Waals surface area contributed by atoms with Crippen LogP contribution >= 0.6 is 0 Å². The van der Waals surface area contributed by atoms with E-state index in [4.69, 9.17) is 4.52 Å². The first-order valence-electron chi connectivity index (χ1n) is 5.97. The Morgan fingerprint density at radius 1 is 1.48 bits per heavy atom. The van der Waals surface area contributed by atoms with Crippen LogP contribution in [0.4, 0.5) is 11.5 Å². The van der Waals surface area contributed by atoms with E-state index in [1.54, 1.807) is 7.05 Å². The molecule has 0 saturated carbocycles. The molecule has 10 nitrogen and oxygen atoms in total. The first-order valence-corrected chi connectivity index (χ1v) is 5.97. The van der Waals surface area contributed by atoms with Crippen molar-refractivity contribution >= 4 is 17.4 Å². The topological polar surface area (TPSA) is 136 Å². The van der Waals surface area contributed by atoms with Gasteiger partial charge in [-0.1, -0.05) is 5.16 Å². The number of nitro groups is 1. The standard InChI is InChI=1S/C11H12N6O4/c1-12-9-4-7(8(5-14-9)17(19)20)11(18)13-3-2-10-15-6-16-21-10/h4-6H,2-3H2,1H3,(H,12,14)(H,13,18). The van der Waals surface area contributed by atoms with Crippen molar-refractivity contribution in [3.05, 3.63) is 40.2 Å². The van der Waals surface area contributed by atoms with Crippen molar-refractivity contribution < 1.29 is 14.2 Å². The van der Waals surface area contributed by atoms with Crippen molar-refractivity contribution in [3.8, 4) is 0 Å². The van der Waals surface area contributed by atoms with Gasteiger partial charge in [-0.2, -0.15) is 4.98 Å². The predicted molar refractivity (Wildman–Crippen MR) is 70.8 cm³/mol. The molecule has 0 aliphatic heterocycles. The number of pyridine rings is 1. The summed E-state index contributed by atoms with van der Waals surface area (Å²) in [7, 11) is 1.60. The molecule has 2 N–H and O–H groups in total. The molecule has 0 bridgehead atoms. The van der Waals surface area contributed by atoms with E-state index in [1.165, 1.54) is 12.4 Å². The van der Waals surface area contributed by atoms with Gasteiger partial charge in [0.15, 0.2) is 6.33 Å². The molecule has 2 aromatic rings. The molecule has 0 fully saturated rings. The lowest BCUT2D eigenvalue weighted by Gasteiger charge is -2.06. The van der Waals surface area contributed by atoms with E-state index in [-0.39, 0.29) is 17.8 Å². The van der Waals surface area contributed by atoms with Crippen LogP contribution in [0.5, 0.6) is 0 Å². The van der Waals surface area contributed by atoms with Crippen LogP contribution in [0.1, 0.15) is 16.2 Å². The van der Waals surface area contributed by atoms with Gasteiger partial charge in [-0.05, 0) is 0 Å². The maximum absolute atomic E-state index is 12.0. The quantitative estimate of drug-likeness (QED) is 0.576. The summed E-state index contributed by atoms with van der Waals surface area (Å²) >= 11 is 0. The lowest BCUT2D eigenvalue weighted by atomic mass is 10.2. The SMILES string of the molecule is CNc1cc(C(=O)NCCc2ncno2)c([N+](=O)[O-])cn1. The van der Waals surface area contributed by atoms with Crippen molar-refractivity contribution in [2.45, 2.75) is 6.42 Å². The van der Waals surface area contributed by atoms with Crippen molar-refractivity contribution in [2.24, 2.45) is 0 Å². The zero-order valence-corrected chi connectivity index (χ0v) is 11.1.